The molecule has 2 aliphatic carbocycles. The van der Waals surface area contributed by atoms with Gasteiger partial charge >= 0.3 is 5.69 Å². The number of hydrogen-bond donors (Lipinski definition) is 1. The molecule has 162 valence electrons. The predicted octanol–water partition coefficient (Wildman–Crippen LogP) is 3.50. The highest BCUT2D eigenvalue weighted by atomic mass is 16.5. The number of para-hydroxylation sites is 2. The van der Waals surface area contributed by atoms with Gasteiger partial charge in [-0.25, -0.2) is 4.79 Å². The molecule has 3 aromatic rings. The number of hydrogen-bond acceptors (Lipinski definition) is 5. The lowest BCUT2D eigenvalue weighted by Crippen LogP contribution is -2.46. The van der Waals surface area contributed by atoms with Crippen LogP contribution in [0, 0.1) is 6.92 Å². The maximum Gasteiger partial charge on any atom is 0.333 e. The lowest BCUT2D eigenvalue weighted by molar-refractivity contribution is -0.123. The van der Waals surface area contributed by atoms with Gasteiger partial charge in [0.25, 0.3) is 0 Å². The topological polar surface area (TPSA) is 95.0 Å². The number of nitrogens with zero attached hydrogens (tertiary/aromatic N) is 4. The van der Waals surface area contributed by atoms with Gasteiger partial charge < -0.3 is 9.84 Å². The average Bonchev–Trinajstić information content (AvgIpc) is 3.49. The summed E-state index contributed by atoms with van der Waals surface area (Å²) in [5.41, 5.74) is 1.85. The van der Waals surface area contributed by atoms with Crippen LogP contribution in [0.4, 0.5) is 0 Å². The Morgan fingerprint density at radius 2 is 1.94 bits per heavy atom. The number of nitrogens with one attached hydrogen (secondary N) is 1. The van der Waals surface area contributed by atoms with Crippen molar-refractivity contribution < 1.29 is 9.32 Å². The normalized spacial score (nSPS) is 18.3. The monoisotopic (exact) mass is 421 g/mol. The van der Waals surface area contributed by atoms with E-state index in [2.05, 4.69) is 21.5 Å². The molecule has 1 fully saturated rings. The Labute approximate surface area is 179 Å². The lowest BCUT2D eigenvalue weighted by Gasteiger charge is -2.26. The van der Waals surface area contributed by atoms with Crippen molar-refractivity contribution in [1.82, 2.24) is 24.6 Å². The van der Waals surface area contributed by atoms with Crippen molar-refractivity contribution in [1.29, 1.82) is 0 Å². The van der Waals surface area contributed by atoms with Crippen LogP contribution in [0.3, 0.4) is 0 Å². The molecule has 0 saturated heterocycles. The van der Waals surface area contributed by atoms with Crippen molar-refractivity contribution >= 4 is 22.6 Å². The van der Waals surface area contributed by atoms with Gasteiger partial charge in [-0.1, -0.05) is 36.2 Å². The summed E-state index contributed by atoms with van der Waals surface area (Å²) < 4.78 is 8.52. The van der Waals surface area contributed by atoms with E-state index in [9.17, 15) is 9.59 Å². The Morgan fingerprint density at radius 3 is 2.61 bits per heavy atom. The second kappa shape index (κ2) is 7.83. The van der Waals surface area contributed by atoms with E-state index in [-0.39, 0.29) is 18.1 Å². The quantitative estimate of drug-likeness (QED) is 0.680. The fourth-order valence-corrected chi connectivity index (χ4v) is 4.99. The Balaban J connectivity index is 1.48. The van der Waals surface area contributed by atoms with E-state index >= 15 is 0 Å². The smallest absolute Gasteiger partial charge is 0.333 e. The van der Waals surface area contributed by atoms with Gasteiger partial charge in [0, 0.05) is 12.6 Å². The van der Waals surface area contributed by atoms with E-state index in [1.165, 1.54) is 0 Å². The Morgan fingerprint density at radius 1 is 1.16 bits per heavy atom. The SMILES string of the molecule is Cc1nc(C2(NC(=O)Cn3c(=O)n(C4=CCCCC4)c4ccccc43)CCCC2)no1. The largest absolute Gasteiger partial charge is 0.342 e. The molecule has 1 N–H and O–H groups in total. The highest BCUT2D eigenvalue weighted by Gasteiger charge is 2.41. The minimum atomic E-state index is -0.622. The molecule has 31 heavy (non-hydrogen) atoms. The first kappa shape index (κ1) is 19.8. The number of allylic oxidation sites excluding steroid dienone is 2. The third-order valence-electron chi connectivity index (χ3n) is 6.48. The van der Waals surface area contributed by atoms with E-state index in [0.29, 0.717) is 11.7 Å². The molecule has 0 aliphatic heterocycles. The second-order valence-electron chi connectivity index (χ2n) is 8.61. The van der Waals surface area contributed by atoms with Crippen molar-refractivity contribution in [2.45, 2.75) is 70.4 Å². The summed E-state index contributed by atoms with van der Waals surface area (Å²) >= 11 is 0. The van der Waals surface area contributed by atoms with Crippen LogP contribution in [0.1, 0.15) is 63.1 Å². The predicted molar refractivity (Wildman–Crippen MR) is 116 cm³/mol. The summed E-state index contributed by atoms with van der Waals surface area (Å²) in [6, 6.07) is 7.67. The lowest BCUT2D eigenvalue weighted by atomic mass is 9.96. The maximum absolute atomic E-state index is 13.4. The summed E-state index contributed by atoms with van der Waals surface area (Å²) in [5, 5.41) is 7.23. The van der Waals surface area contributed by atoms with Gasteiger partial charge in [-0.05, 0) is 50.7 Å². The highest BCUT2D eigenvalue weighted by molar-refractivity contribution is 5.83. The zero-order valence-electron chi connectivity index (χ0n) is 17.8. The van der Waals surface area contributed by atoms with Crippen LogP contribution in [0.25, 0.3) is 16.7 Å². The van der Waals surface area contributed by atoms with Crippen LogP contribution in [0.2, 0.25) is 0 Å². The van der Waals surface area contributed by atoms with Crippen LogP contribution in [-0.2, 0) is 16.9 Å². The number of imidazole rings is 1. The molecule has 5 rings (SSSR count). The van der Waals surface area contributed by atoms with Gasteiger partial charge in [0.2, 0.25) is 11.8 Å². The van der Waals surface area contributed by atoms with Gasteiger partial charge in [0.05, 0.1) is 11.0 Å². The number of rotatable bonds is 5. The van der Waals surface area contributed by atoms with Gasteiger partial charge in [0.15, 0.2) is 5.82 Å². The Bertz CT molecular complexity index is 1210. The van der Waals surface area contributed by atoms with Crippen molar-refractivity contribution in [3.63, 3.8) is 0 Å². The van der Waals surface area contributed by atoms with Crippen LogP contribution >= 0.6 is 0 Å². The standard InChI is InChI=1S/C23H27N5O3/c1-16-24-21(26-31-16)23(13-7-8-14-23)25-20(29)15-27-18-11-5-6-12-19(18)28(22(27)30)17-9-3-2-4-10-17/h5-6,9,11-12H,2-4,7-8,10,13-15H2,1H3,(H,25,29). The van der Waals surface area contributed by atoms with Gasteiger partial charge in [-0.3, -0.25) is 13.9 Å². The molecular weight excluding hydrogens is 394 g/mol. The minimum Gasteiger partial charge on any atom is -0.342 e. The first-order chi connectivity index (χ1) is 15.1. The fourth-order valence-electron chi connectivity index (χ4n) is 4.99. The first-order valence-corrected chi connectivity index (χ1v) is 11.1. The third-order valence-corrected chi connectivity index (χ3v) is 6.48. The number of carbonyl (C=O) groups is 1. The number of carbonyl (C=O) groups excluding carboxylic acids is 1. The zero-order chi connectivity index (χ0) is 21.4. The Hall–Kier alpha value is -3.16. The van der Waals surface area contributed by atoms with E-state index < -0.39 is 5.54 Å². The van der Waals surface area contributed by atoms with E-state index in [4.69, 9.17) is 4.52 Å². The van der Waals surface area contributed by atoms with E-state index in [1.807, 2.05) is 24.3 Å². The maximum atomic E-state index is 13.4. The molecule has 0 radical (unpaired) electrons. The van der Waals surface area contributed by atoms with E-state index in [1.54, 1.807) is 16.1 Å². The second-order valence-corrected chi connectivity index (χ2v) is 8.61. The summed E-state index contributed by atoms with van der Waals surface area (Å²) in [5.74, 6) is 0.792. The molecule has 1 amide bonds. The molecule has 8 nitrogen and oxygen atoms in total. The molecule has 2 aromatic heterocycles. The summed E-state index contributed by atoms with van der Waals surface area (Å²) in [6.07, 6.45) is 9.73. The number of aryl methyl sites for hydroxylation is 1. The number of fused-ring (bicyclic) bond motifs is 1. The van der Waals surface area contributed by atoms with E-state index in [0.717, 1.165) is 68.1 Å². The van der Waals surface area contributed by atoms with Crippen LogP contribution < -0.4 is 11.0 Å². The Kier molecular flexibility index (Phi) is 5.00. The van der Waals surface area contributed by atoms with Gasteiger partial charge in [-0.15, -0.1) is 0 Å². The van der Waals surface area contributed by atoms with Crippen LogP contribution in [0.15, 0.2) is 39.7 Å². The minimum absolute atomic E-state index is 0.0434. The van der Waals surface area contributed by atoms with Gasteiger partial charge in [0.1, 0.15) is 12.1 Å². The summed E-state index contributed by atoms with van der Waals surface area (Å²) in [7, 11) is 0. The third kappa shape index (κ3) is 3.49. The van der Waals surface area contributed by atoms with Gasteiger partial charge in [-0.2, -0.15) is 4.98 Å². The number of amides is 1. The molecule has 0 spiro atoms. The molecule has 0 atom stereocenters. The molecular formula is C23H27N5O3. The number of aromatic nitrogens is 4. The van der Waals surface area contributed by atoms with Crippen molar-refractivity contribution in [3.05, 3.63) is 52.5 Å². The molecule has 8 heteroatoms. The molecule has 2 heterocycles. The highest BCUT2D eigenvalue weighted by Crippen LogP contribution is 2.37. The molecule has 0 unspecified atom stereocenters. The van der Waals surface area contributed by atoms with Crippen molar-refractivity contribution in [2.75, 3.05) is 0 Å². The fraction of sp³-hybridized carbons (Fsp3) is 0.478. The molecule has 0 bridgehead atoms. The first-order valence-electron chi connectivity index (χ1n) is 11.1. The van der Waals surface area contributed by atoms with Crippen molar-refractivity contribution in [2.24, 2.45) is 0 Å². The average molecular weight is 422 g/mol. The van der Waals surface area contributed by atoms with Crippen LogP contribution in [-0.4, -0.2) is 25.2 Å². The zero-order valence-corrected chi connectivity index (χ0v) is 17.8. The number of benzene rings is 1. The molecule has 1 aromatic carbocycles. The molecule has 1 saturated carbocycles. The van der Waals surface area contributed by atoms with Crippen molar-refractivity contribution in [3.8, 4) is 0 Å². The molecule has 2 aliphatic rings. The summed E-state index contributed by atoms with van der Waals surface area (Å²) in [6.45, 7) is 1.70. The summed E-state index contributed by atoms with van der Waals surface area (Å²) in [4.78, 5) is 30.9. The van der Waals surface area contributed by atoms with Crippen LogP contribution in [0.5, 0.6) is 0 Å².